The zero-order chi connectivity index (χ0) is 16.1. The molecule has 1 atom stereocenters. The van der Waals surface area contributed by atoms with Crippen LogP contribution in [0.15, 0.2) is 46.9 Å². The Morgan fingerprint density at radius 2 is 1.82 bits per heavy atom. The Labute approximate surface area is 140 Å². The van der Waals surface area contributed by atoms with Gasteiger partial charge in [-0.25, -0.2) is 0 Å². The van der Waals surface area contributed by atoms with E-state index in [-0.39, 0.29) is 11.9 Å². The molecular formula is C18H21BrN2O. The van der Waals surface area contributed by atoms with Gasteiger partial charge in [0.15, 0.2) is 0 Å². The molecule has 0 fully saturated rings. The molecule has 0 radical (unpaired) electrons. The normalized spacial score (nSPS) is 11.8. The number of carbonyl (C=O) groups is 1. The van der Waals surface area contributed by atoms with E-state index < -0.39 is 0 Å². The second-order valence-corrected chi connectivity index (χ2v) is 6.39. The first kappa shape index (κ1) is 16.6. The first-order valence-electron chi connectivity index (χ1n) is 7.31. The number of hydrogen-bond acceptors (Lipinski definition) is 2. The first-order valence-corrected chi connectivity index (χ1v) is 8.11. The number of aryl methyl sites for hydroxylation is 2. The molecule has 1 amide bonds. The van der Waals surface area contributed by atoms with E-state index in [1.807, 2.05) is 56.3 Å². The number of carbonyl (C=O) groups excluding carboxylic acids is 1. The van der Waals surface area contributed by atoms with E-state index >= 15 is 0 Å². The van der Waals surface area contributed by atoms with Crippen LogP contribution in [0, 0.1) is 13.8 Å². The van der Waals surface area contributed by atoms with Crippen LogP contribution in [-0.4, -0.2) is 11.9 Å². The summed E-state index contributed by atoms with van der Waals surface area (Å²) in [5, 5.41) is 6.18. The number of hydrogen-bond donors (Lipinski definition) is 2. The van der Waals surface area contributed by atoms with E-state index in [0.29, 0.717) is 6.54 Å². The van der Waals surface area contributed by atoms with Crippen LogP contribution in [0.5, 0.6) is 0 Å². The highest BCUT2D eigenvalue weighted by atomic mass is 79.9. The van der Waals surface area contributed by atoms with Crippen LogP contribution in [0.3, 0.4) is 0 Å². The molecule has 0 aliphatic carbocycles. The summed E-state index contributed by atoms with van der Waals surface area (Å²) in [5.74, 6) is -0.0128. The second kappa shape index (κ2) is 7.45. The van der Waals surface area contributed by atoms with Crippen molar-refractivity contribution in [2.45, 2.75) is 33.4 Å². The van der Waals surface area contributed by atoms with Gasteiger partial charge in [-0.1, -0.05) is 45.8 Å². The predicted octanol–water partition coefficient (Wildman–Crippen LogP) is 4.18. The van der Waals surface area contributed by atoms with Gasteiger partial charge in [-0.05, 0) is 50.1 Å². The highest BCUT2D eigenvalue weighted by Crippen LogP contribution is 2.20. The summed E-state index contributed by atoms with van der Waals surface area (Å²) in [6, 6.07) is 13.8. The van der Waals surface area contributed by atoms with Gasteiger partial charge in [0.25, 0.3) is 0 Å². The van der Waals surface area contributed by atoms with Gasteiger partial charge in [-0.3, -0.25) is 4.79 Å². The minimum atomic E-state index is -0.286. The zero-order valence-electron chi connectivity index (χ0n) is 13.1. The van der Waals surface area contributed by atoms with Gasteiger partial charge >= 0.3 is 0 Å². The molecule has 0 aliphatic heterocycles. The lowest BCUT2D eigenvalue weighted by Crippen LogP contribution is -2.37. The van der Waals surface area contributed by atoms with Crippen molar-refractivity contribution in [1.29, 1.82) is 0 Å². The monoisotopic (exact) mass is 360 g/mol. The van der Waals surface area contributed by atoms with Gasteiger partial charge in [0, 0.05) is 16.7 Å². The van der Waals surface area contributed by atoms with Gasteiger partial charge in [-0.2, -0.15) is 0 Å². The fourth-order valence-electron chi connectivity index (χ4n) is 2.10. The minimum Gasteiger partial charge on any atom is -0.374 e. The highest BCUT2D eigenvalue weighted by molar-refractivity contribution is 9.10. The van der Waals surface area contributed by atoms with Crippen LogP contribution < -0.4 is 10.6 Å². The van der Waals surface area contributed by atoms with Crippen molar-refractivity contribution < 1.29 is 4.79 Å². The van der Waals surface area contributed by atoms with Crippen molar-refractivity contribution in [3.8, 4) is 0 Å². The summed E-state index contributed by atoms with van der Waals surface area (Å²) >= 11 is 3.47. The number of benzene rings is 2. The van der Waals surface area contributed by atoms with Gasteiger partial charge in [0.05, 0.1) is 0 Å². The number of nitrogens with one attached hydrogen (secondary N) is 2. The molecule has 4 heteroatoms. The Bertz CT molecular complexity index is 653. The molecule has 0 saturated heterocycles. The van der Waals surface area contributed by atoms with Gasteiger partial charge < -0.3 is 10.6 Å². The van der Waals surface area contributed by atoms with E-state index in [0.717, 1.165) is 21.3 Å². The Kier molecular flexibility index (Phi) is 5.61. The molecule has 2 aromatic carbocycles. The summed E-state index contributed by atoms with van der Waals surface area (Å²) in [6.45, 7) is 6.48. The van der Waals surface area contributed by atoms with E-state index in [4.69, 9.17) is 0 Å². The Morgan fingerprint density at radius 1 is 1.14 bits per heavy atom. The molecule has 0 saturated carbocycles. The third-order valence-electron chi connectivity index (χ3n) is 3.52. The van der Waals surface area contributed by atoms with Crippen LogP contribution in [-0.2, 0) is 11.3 Å². The molecule has 2 rings (SSSR count). The average Bonchev–Trinajstić information content (AvgIpc) is 2.50. The van der Waals surface area contributed by atoms with Crippen LogP contribution in [0.1, 0.15) is 23.6 Å². The van der Waals surface area contributed by atoms with E-state index in [9.17, 15) is 4.79 Å². The maximum Gasteiger partial charge on any atom is 0.242 e. The predicted molar refractivity (Wildman–Crippen MR) is 95.0 cm³/mol. The van der Waals surface area contributed by atoms with E-state index in [1.54, 1.807) is 0 Å². The number of halogens is 1. The second-order valence-electron chi connectivity index (χ2n) is 5.53. The SMILES string of the molecule is Cc1ccc(CNC(=O)C(C)Nc2ccc(Br)c(C)c2)cc1. The molecule has 0 aromatic heterocycles. The lowest BCUT2D eigenvalue weighted by molar-refractivity contribution is -0.121. The van der Waals surface area contributed by atoms with Crippen molar-refractivity contribution >= 4 is 27.5 Å². The zero-order valence-corrected chi connectivity index (χ0v) is 14.7. The molecule has 0 spiro atoms. The lowest BCUT2D eigenvalue weighted by Gasteiger charge is -2.16. The lowest BCUT2D eigenvalue weighted by atomic mass is 10.1. The van der Waals surface area contributed by atoms with Gasteiger partial charge in [0.1, 0.15) is 6.04 Å². The Hall–Kier alpha value is -1.81. The largest absolute Gasteiger partial charge is 0.374 e. The molecule has 3 nitrogen and oxygen atoms in total. The van der Waals surface area contributed by atoms with Crippen LogP contribution in [0.4, 0.5) is 5.69 Å². The standard InChI is InChI=1S/C18H21BrN2O/c1-12-4-6-15(7-5-12)11-20-18(22)14(3)21-16-8-9-17(19)13(2)10-16/h4-10,14,21H,11H2,1-3H3,(H,20,22). The average molecular weight is 361 g/mol. The molecule has 2 N–H and O–H groups in total. The fourth-order valence-corrected chi connectivity index (χ4v) is 2.34. The van der Waals surface area contributed by atoms with Crippen molar-refractivity contribution in [3.63, 3.8) is 0 Å². The summed E-state index contributed by atoms with van der Waals surface area (Å²) in [6.07, 6.45) is 0. The van der Waals surface area contributed by atoms with Crippen molar-refractivity contribution in [3.05, 3.63) is 63.6 Å². The minimum absolute atomic E-state index is 0.0128. The molecule has 2 aromatic rings. The molecule has 0 heterocycles. The molecular weight excluding hydrogens is 340 g/mol. The number of amides is 1. The maximum atomic E-state index is 12.2. The molecule has 22 heavy (non-hydrogen) atoms. The first-order chi connectivity index (χ1) is 10.5. The Morgan fingerprint density at radius 3 is 2.45 bits per heavy atom. The third kappa shape index (κ3) is 4.60. The van der Waals surface area contributed by atoms with Crippen molar-refractivity contribution in [2.24, 2.45) is 0 Å². The number of anilines is 1. The molecule has 0 bridgehead atoms. The van der Waals surface area contributed by atoms with Gasteiger partial charge in [0.2, 0.25) is 5.91 Å². The fraction of sp³-hybridized carbons (Fsp3) is 0.278. The summed E-state index contributed by atoms with van der Waals surface area (Å²) < 4.78 is 1.06. The van der Waals surface area contributed by atoms with Gasteiger partial charge in [-0.15, -0.1) is 0 Å². The van der Waals surface area contributed by atoms with Crippen molar-refractivity contribution in [1.82, 2.24) is 5.32 Å². The Balaban J connectivity index is 1.88. The number of rotatable bonds is 5. The van der Waals surface area contributed by atoms with E-state index in [2.05, 4.69) is 33.5 Å². The molecule has 1 unspecified atom stereocenters. The highest BCUT2D eigenvalue weighted by Gasteiger charge is 2.12. The quantitative estimate of drug-likeness (QED) is 0.839. The van der Waals surface area contributed by atoms with Crippen LogP contribution in [0.2, 0.25) is 0 Å². The maximum absolute atomic E-state index is 12.2. The summed E-state index contributed by atoms with van der Waals surface area (Å²) in [4.78, 5) is 12.2. The smallest absolute Gasteiger partial charge is 0.242 e. The summed E-state index contributed by atoms with van der Waals surface area (Å²) in [5.41, 5.74) is 4.40. The van der Waals surface area contributed by atoms with E-state index in [1.165, 1.54) is 5.56 Å². The molecule has 0 aliphatic rings. The third-order valence-corrected chi connectivity index (χ3v) is 4.41. The van der Waals surface area contributed by atoms with Crippen LogP contribution in [0.25, 0.3) is 0 Å². The van der Waals surface area contributed by atoms with Crippen molar-refractivity contribution in [2.75, 3.05) is 5.32 Å². The topological polar surface area (TPSA) is 41.1 Å². The molecule has 116 valence electrons. The summed E-state index contributed by atoms with van der Waals surface area (Å²) in [7, 11) is 0. The van der Waals surface area contributed by atoms with Crippen LogP contribution >= 0.6 is 15.9 Å².